The minimum absolute atomic E-state index is 0.277. The van der Waals surface area contributed by atoms with Crippen LogP contribution in [0.4, 0.5) is 0 Å². The molecule has 2 nitrogen and oxygen atoms in total. The minimum Gasteiger partial charge on any atom is -0.396 e. The van der Waals surface area contributed by atoms with E-state index < -0.39 is 0 Å². The van der Waals surface area contributed by atoms with Gasteiger partial charge in [0, 0.05) is 17.6 Å². The summed E-state index contributed by atoms with van der Waals surface area (Å²) in [6, 6.07) is 6.40. The van der Waals surface area contributed by atoms with Crippen LogP contribution in [0.15, 0.2) is 22.7 Å². The zero-order valence-electron chi connectivity index (χ0n) is 10.7. The quantitative estimate of drug-likeness (QED) is 0.759. The smallest absolute Gasteiger partial charge is 0.0471 e. The Balaban J connectivity index is 2.33. The van der Waals surface area contributed by atoms with Crippen molar-refractivity contribution in [1.29, 1.82) is 0 Å². The van der Waals surface area contributed by atoms with Gasteiger partial charge in [0.2, 0.25) is 0 Å². The Kier molecular flexibility index (Phi) is 6.78. The minimum atomic E-state index is 0.277. The van der Waals surface area contributed by atoms with Crippen molar-refractivity contribution in [2.75, 3.05) is 19.7 Å². The number of aryl methyl sites for hydroxylation is 1. The highest BCUT2D eigenvalue weighted by molar-refractivity contribution is 9.10. The van der Waals surface area contributed by atoms with Gasteiger partial charge in [-0.25, -0.2) is 0 Å². The normalized spacial score (nSPS) is 12.7. The second-order valence-corrected chi connectivity index (χ2v) is 5.40. The molecule has 1 aromatic rings. The van der Waals surface area contributed by atoms with Gasteiger partial charge in [0.05, 0.1) is 0 Å². The van der Waals surface area contributed by atoms with E-state index in [1.165, 1.54) is 11.1 Å². The number of rotatable bonds is 7. The summed E-state index contributed by atoms with van der Waals surface area (Å²) < 4.78 is 1.14. The van der Waals surface area contributed by atoms with Crippen molar-refractivity contribution in [1.82, 2.24) is 5.32 Å². The lowest BCUT2D eigenvalue weighted by atomic mass is 10.1. The summed E-state index contributed by atoms with van der Waals surface area (Å²) in [7, 11) is 0. The Morgan fingerprint density at radius 2 is 2.18 bits per heavy atom. The van der Waals surface area contributed by atoms with Crippen molar-refractivity contribution in [2.45, 2.75) is 26.7 Å². The molecule has 3 heteroatoms. The summed E-state index contributed by atoms with van der Waals surface area (Å²) in [6.07, 6.45) is 2.06. The Hall–Kier alpha value is -0.380. The maximum atomic E-state index is 9.08. The lowest BCUT2D eigenvalue weighted by molar-refractivity contribution is 0.219. The summed E-state index contributed by atoms with van der Waals surface area (Å²) >= 11 is 3.50. The molecule has 1 aromatic carbocycles. The Morgan fingerprint density at radius 3 is 2.82 bits per heavy atom. The molecule has 0 spiro atoms. The van der Waals surface area contributed by atoms with Crippen LogP contribution in [0.1, 0.15) is 24.5 Å². The van der Waals surface area contributed by atoms with E-state index in [1.54, 1.807) is 0 Å². The lowest BCUT2D eigenvalue weighted by Crippen LogP contribution is -2.26. The molecule has 0 heterocycles. The Labute approximate surface area is 113 Å². The topological polar surface area (TPSA) is 32.3 Å². The van der Waals surface area contributed by atoms with Crippen LogP contribution in [0.5, 0.6) is 0 Å². The largest absolute Gasteiger partial charge is 0.396 e. The van der Waals surface area contributed by atoms with Crippen LogP contribution in [0.25, 0.3) is 0 Å². The SMILES string of the molecule is CCC(CO)CNCCc1cc(Br)ccc1C. The lowest BCUT2D eigenvalue weighted by Gasteiger charge is -2.13. The van der Waals surface area contributed by atoms with Gasteiger partial charge < -0.3 is 10.4 Å². The van der Waals surface area contributed by atoms with Gasteiger partial charge in [-0.15, -0.1) is 0 Å². The molecule has 1 unspecified atom stereocenters. The molecule has 0 aliphatic carbocycles. The molecular weight excluding hydrogens is 278 g/mol. The van der Waals surface area contributed by atoms with Crippen molar-refractivity contribution in [2.24, 2.45) is 5.92 Å². The molecule has 0 aliphatic heterocycles. The van der Waals surface area contributed by atoms with Crippen molar-refractivity contribution < 1.29 is 5.11 Å². The Morgan fingerprint density at radius 1 is 1.41 bits per heavy atom. The number of aliphatic hydroxyl groups excluding tert-OH is 1. The molecule has 0 bridgehead atoms. The first-order chi connectivity index (χ1) is 8.17. The predicted molar refractivity (Wildman–Crippen MR) is 76.3 cm³/mol. The van der Waals surface area contributed by atoms with E-state index in [9.17, 15) is 0 Å². The van der Waals surface area contributed by atoms with Crippen LogP contribution >= 0.6 is 15.9 Å². The molecule has 2 N–H and O–H groups in total. The standard InChI is InChI=1S/C14H22BrNO/c1-3-12(10-17)9-16-7-6-13-8-14(15)5-4-11(13)2/h4-5,8,12,16-17H,3,6-7,9-10H2,1-2H3. The maximum Gasteiger partial charge on any atom is 0.0471 e. The molecule has 0 fully saturated rings. The molecular formula is C14H22BrNO. The second-order valence-electron chi connectivity index (χ2n) is 4.48. The van der Waals surface area contributed by atoms with Gasteiger partial charge in [-0.1, -0.05) is 28.9 Å². The number of hydrogen-bond donors (Lipinski definition) is 2. The van der Waals surface area contributed by atoms with Gasteiger partial charge in [0.1, 0.15) is 0 Å². The molecule has 0 amide bonds. The molecule has 0 radical (unpaired) electrons. The van der Waals surface area contributed by atoms with E-state index in [0.29, 0.717) is 5.92 Å². The molecule has 0 aliphatic rings. The van der Waals surface area contributed by atoms with Gasteiger partial charge in [0.25, 0.3) is 0 Å². The zero-order chi connectivity index (χ0) is 12.7. The molecule has 0 saturated heterocycles. The first kappa shape index (κ1) is 14.7. The molecule has 0 saturated carbocycles. The van der Waals surface area contributed by atoms with Gasteiger partial charge in [-0.05, 0) is 55.5 Å². The fourth-order valence-corrected chi connectivity index (χ4v) is 2.19. The average Bonchev–Trinajstić information content (AvgIpc) is 2.33. The van der Waals surface area contributed by atoms with E-state index in [1.807, 2.05) is 0 Å². The summed E-state index contributed by atoms with van der Waals surface area (Å²) in [5.41, 5.74) is 2.72. The van der Waals surface area contributed by atoms with Crippen LogP contribution in [0.3, 0.4) is 0 Å². The van der Waals surface area contributed by atoms with Crippen LogP contribution < -0.4 is 5.32 Å². The first-order valence-electron chi connectivity index (χ1n) is 6.24. The van der Waals surface area contributed by atoms with Crippen molar-refractivity contribution >= 4 is 15.9 Å². The summed E-state index contributed by atoms with van der Waals surface area (Å²) in [4.78, 5) is 0. The molecule has 1 rings (SSSR count). The van der Waals surface area contributed by atoms with E-state index in [4.69, 9.17) is 5.11 Å². The van der Waals surface area contributed by atoms with Crippen molar-refractivity contribution in [3.63, 3.8) is 0 Å². The second kappa shape index (κ2) is 7.85. The van der Waals surface area contributed by atoms with Crippen LogP contribution in [0, 0.1) is 12.8 Å². The van der Waals surface area contributed by atoms with E-state index >= 15 is 0 Å². The van der Waals surface area contributed by atoms with Crippen molar-refractivity contribution in [3.05, 3.63) is 33.8 Å². The van der Waals surface area contributed by atoms with Crippen LogP contribution in [0.2, 0.25) is 0 Å². The third-order valence-electron chi connectivity index (χ3n) is 3.15. The fourth-order valence-electron chi connectivity index (χ4n) is 1.78. The zero-order valence-corrected chi connectivity index (χ0v) is 12.3. The van der Waals surface area contributed by atoms with E-state index in [2.05, 4.69) is 53.3 Å². The highest BCUT2D eigenvalue weighted by Gasteiger charge is 2.04. The molecule has 1 atom stereocenters. The predicted octanol–water partition coefficient (Wildman–Crippen LogP) is 2.91. The molecule has 17 heavy (non-hydrogen) atoms. The van der Waals surface area contributed by atoms with Gasteiger partial charge in [0.15, 0.2) is 0 Å². The maximum absolute atomic E-state index is 9.08. The van der Waals surface area contributed by atoms with Gasteiger partial charge in [-0.2, -0.15) is 0 Å². The van der Waals surface area contributed by atoms with Crippen LogP contribution in [-0.2, 0) is 6.42 Å². The van der Waals surface area contributed by atoms with E-state index in [0.717, 1.165) is 30.4 Å². The average molecular weight is 300 g/mol. The first-order valence-corrected chi connectivity index (χ1v) is 7.03. The summed E-state index contributed by atoms with van der Waals surface area (Å²) in [5, 5.41) is 12.5. The highest BCUT2D eigenvalue weighted by Crippen LogP contribution is 2.16. The van der Waals surface area contributed by atoms with Gasteiger partial charge >= 0.3 is 0 Å². The summed E-state index contributed by atoms with van der Waals surface area (Å²) in [6.45, 7) is 6.40. The van der Waals surface area contributed by atoms with Gasteiger partial charge in [-0.3, -0.25) is 0 Å². The highest BCUT2D eigenvalue weighted by atomic mass is 79.9. The van der Waals surface area contributed by atoms with Crippen LogP contribution in [-0.4, -0.2) is 24.8 Å². The fraction of sp³-hybridized carbons (Fsp3) is 0.571. The third kappa shape index (κ3) is 5.19. The third-order valence-corrected chi connectivity index (χ3v) is 3.64. The Bertz CT molecular complexity index is 337. The molecule has 0 aromatic heterocycles. The number of benzene rings is 1. The summed E-state index contributed by atoms with van der Waals surface area (Å²) in [5.74, 6) is 0.388. The van der Waals surface area contributed by atoms with Crippen molar-refractivity contribution in [3.8, 4) is 0 Å². The number of halogens is 1. The monoisotopic (exact) mass is 299 g/mol. The number of hydrogen-bond acceptors (Lipinski definition) is 2. The molecule has 96 valence electrons. The number of nitrogens with one attached hydrogen (secondary N) is 1. The number of aliphatic hydroxyl groups is 1. The van der Waals surface area contributed by atoms with E-state index in [-0.39, 0.29) is 6.61 Å².